The molecule has 1 aliphatic heterocycles. The third-order valence-corrected chi connectivity index (χ3v) is 3.87. The van der Waals surface area contributed by atoms with Crippen molar-refractivity contribution in [1.29, 1.82) is 0 Å². The van der Waals surface area contributed by atoms with Gasteiger partial charge in [0.25, 0.3) is 5.91 Å². The van der Waals surface area contributed by atoms with Crippen molar-refractivity contribution < 1.29 is 4.79 Å². The van der Waals surface area contributed by atoms with E-state index in [2.05, 4.69) is 22.3 Å². The Kier molecular flexibility index (Phi) is 3.17. The molecule has 1 N–H and O–H groups in total. The summed E-state index contributed by atoms with van der Waals surface area (Å²) in [5.74, 6) is 0.0525. The number of nitrogens with zero attached hydrogens (tertiary/aromatic N) is 4. The van der Waals surface area contributed by atoms with Crippen LogP contribution in [-0.2, 0) is 7.05 Å². The number of piperazine rings is 1. The highest BCUT2D eigenvalue weighted by atomic mass is 16.2. The number of nitrogens with one attached hydrogen (secondary N) is 1. The quantitative estimate of drug-likeness (QED) is 0.831. The smallest absolute Gasteiger partial charge is 0.255 e. The first kappa shape index (κ1) is 13.1. The molecule has 1 fully saturated rings. The second kappa shape index (κ2) is 4.86. The van der Waals surface area contributed by atoms with Gasteiger partial charge in [-0.25, -0.2) is 4.98 Å². The Morgan fingerprint density at radius 3 is 3.05 bits per heavy atom. The van der Waals surface area contributed by atoms with Crippen LogP contribution in [0.5, 0.6) is 0 Å². The fourth-order valence-electron chi connectivity index (χ4n) is 2.73. The van der Waals surface area contributed by atoms with E-state index in [0.717, 1.165) is 36.4 Å². The predicted octanol–water partition coefficient (Wildman–Crippen LogP) is 0.711. The van der Waals surface area contributed by atoms with Crippen molar-refractivity contribution in [1.82, 2.24) is 25.0 Å². The molecule has 0 aromatic carbocycles. The Bertz CT molecular complexity index is 663. The molecule has 0 aliphatic carbocycles. The fourth-order valence-corrected chi connectivity index (χ4v) is 2.73. The predicted molar refractivity (Wildman–Crippen MR) is 76.6 cm³/mol. The summed E-state index contributed by atoms with van der Waals surface area (Å²) in [6.07, 6.45) is 1.65. The molecule has 1 amide bonds. The minimum Gasteiger partial charge on any atom is -0.333 e. The highest BCUT2D eigenvalue weighted by molar-refractivity contribution is 5.97. The highest BCUT2D eigenvalue weighted by Gasteiger charge is 2.24. The average Bonchev–Trinajstić information content (AvgIpc) is 2.73. The highest BCUT2D eigenvalue weighted by Crippen LogP contribution is 2.18. The van der Waals surface area contributed by atoms with Crippen molar-refractivity contribution in [2.45, 2.75) is 19.9 Å². The zero-order valence-corrected chi connectivity index (χ0v) is 12.1. The minimum atomic E-state index is 0.0525. The summed E-state index contributed by atoms with van der Waals surface area (Å²) >= 11 is 0. The van der Waals surface area contributed by atoms with Gasteiger partial charge in [-0.3, -0.25) is 9.48 Å². The van der Waals surface area contributed by atoms with E-state index in [0.29, 0.717) is 5.56 Å². The van der Waals surface area contributed by atoms with E-state index >= 15 is 0 Å². The lowest BCUT2D eigenvalue weighted by atomic mass is 10.1. The third kappa shape index (κ3) is 2.06. The van der Waals surface area contributed by atoms with Gasteiger partial charge in [0.15, 0.2) is 5.65 Å². The Hall–Kier alpha value is -1.95. The standard InChI is InChI=1S/C14H19N5O/c1-9-7-15-4-5-19(9)14(20)11-6-12-10(2)17-18(3)13(12)16-8-11/h6,8-9,15H,4-5,7H2,1-3H3/t9-/m1/s1. The van der Waals surface area contributed by atoms with Crippen LogP contribution in [0.4, 0.5) is 0 Å². The molecule has 0 spiro atoms. The molecular weight excluding hydrogens is 254 g/mol. The summed E-state index contributed by atoms with van der Waals surface area (Å²) in [6, 6.07) is 2.11. The van der Waals surface area contributed by atoms with Crippen molar-refractivity contribution in [3.8, 4) is 0 Å². The van der Waals surface area contributed by atoms with Gasteiger partial charge < -0.3 is 10.2 Å². The van der Waals surface area contributed by atoms with Crippen molar-refractivity contribution >= 4 is 16.9 Å². The lowest BCUT2D eigenvalue weighted by Crippen LogP contribution is -2.52. The number of aromatic nitrogens is 3. The molecule has 0 unspecified atom stereocenters. The Morgan fingerprint density at radius 1 is 1.50 bits per heavy atom. The van der Waals surface area contributed by atoms with Gasteiger partial charge >= 0.3 is 0 Å². The topological polar surface area (TPSA) is 63.1 Å². The van der Waals surface area contributed by atoms with E-state index in [-0.39, 0.29) is 11.9 Å². The maximum atomic E-state index is 12.6. The summed E-state index contributed by atoms with van der Waals surface area (Å²) in [5.41, 5.74) is 2.35. The van der Waals surface area contributed by atoms with Crippen molar-refractivity contribution in [2.24, 2.45) is 7.05 Å². The Morgan fingerprint density at radius 2 is 2.30 bits per heavy atom. The third-order valence-electron chi connectivity index (χ3n) is 3.87. The SMILES string of the molecule is Cc1nn(C)c2ncc(C(=O)N3CCNC[C@H]3C)cc12. The molecule has 2 aromatic heterocycles. The molecular formula is C14H19N5O. The molecule has 20 heavy (non-hydrogen) atoms. The van der Waals surface area contributed by atoms with Gasteiger partial charge in [0.05, 0.1) is 11.3 Å². The van der Waals surface area contributed by atoms with E-state index in [9.17, 15) is 4.79 Å². The number of carbonyl (C=O) groups is 1. The van der Waals surface area contributed by atoms with Crippen LogP contribution in [0.3, 0.4) is 0 Å². The van der Waals surface area contributed by atoms with Crippen LogP contribution >= 0.6 is 0 Å². The summed E-state index contributed by atoms with van der Waals surface area (Å²) in [7, 11) is 1.86. The van der Waals surface area contributed by atoms with Gasteiger partial charge in [0, 0.05) is 44.3 Å². The maximum absolute atomic E-state index is 12.6. The van der Waals surface area contributed by atoms with E-state index in [4.69, 9.17) is 0 Å². The molecule has 3 heterocycles. The molecule has 1 aliphatic rings. The molecule has 2 aromatic rings. The second-order valence-corrected chi connectivity index (χ2v) is 5.36. The number of hydrogen-bond acceptors (Lipinski definition) is 4. The average molecular weight is 273 g/mol. The molecule has 1 atom stereocenters. The molecule has 6 heteroatoms. The van der Waals surface area contributed by atoms with Gasteiger partial charge in [0.1, 0.15) is 0 Å². The van der Waals surface area contributed by atoms with E-state index < -0.39 is 0 Å². The number of hydrogen-bond donors (Lipinski definition) is 1. The van der Waals surface area contributed by atoms with Gasteiger partial charge in [0.2, 0.25) is 0 Å². The van der Waals surface area contributed by atoms with Gasteiger partial charge in [-0.05, 0) is 19.9 Å². The van der Waals surface area contributed by atoms with Gasteiger partial charge in [-0.2, -0.15) is 5.10 Å². The van der Waals surface area contributed by atoms with Crippen LogP contribution in [0.2, 0.25) is 0 Å². The minimum absolute atomic E-state index is 0.0525. The van der Waals surface area contributed by atoms with Crippen LogP contribution in [-0.4, -0.2) is 51.2 Å². The molecule has 0 saturated carbocycles. The van der Waals surface area contributed by atoms with Gasteiger partial charge in [-0.15, -0.1) is 0 Å². The number of amides is 1. The van der Waals surface area contributed by atoms with Crippen LogP contribution in [0, 0.1) is 6.92 Å². The van der Waals surface area contributed by atoms with E-state index in [1.54, 1.807) is 10.9 Å². The van der Waals surface area contributed by atoms with Crippen LogP contribution in [0.25, 0.3) is 11.0 Å². The van der Waals surface area contributed by atoms with Crippen molar-refractivity contribution in [2.75, 3.05) is 19.6 Å². The second-order valence-electron chi connectivity index (χ2n) is 5.36. The molecule has 1 saturated heterocycles. The monoisotopic (exact) mass is 273 g/mol. The first-order valence-corrected chi connectivity index (χ1v) is 6.89. The first-order chi connectivity index (χ1) is 9.58. The lowest BCUT2D eigenvalue weighted by molar-refractivity contribution is 0.0655. The largest absolute Gasteiger partial charge is 0.333 e. The summed E-state index contributed by atoms with van der Waals surface area (Å²) in [6.45, 7) is 6.42. The van der Waals surface area contributed by atoms with Crippen LogP contribution < -0.4 is 5.32 Å². The first-order valence-electron chi connectivity index (χ1n) is 6.89. The van der Waals surface area contributed by atoms with E-state index in [1.807, 2.05) is 24.9 Å². The fraction of sp³-hybridized carbons (Fsp3) is 0.500. The maximum Gasteiger partial charge on any atom is 0.255 e. The number of pyridine rings is 1. The number of carbonyl (C=O) groups excluding carboxylic acids is 1. The van der Waals surface area contributed by atoms with Gasteiger partial charge in [-0.1, -0.05) is 0 Å². The van der Waals surface area contributed by atoms with Crippen molar-refractivity contribution in [3.05, 3.63) is 23.5 Å². The normalized spacial score (nSPS) is 19.6. The Balaban J connectivity index is 1.97. The summed E-state index contributed by atoms with van der Waals surface area (Å²) in [5, 5.41) is 8.57. The molecule has 106 valence electrons. The summed E-state index contributed by atoms with van der Waals surface area (Å²) in [4.78, 5) is 18.9. The molecule has 3 rings (SSSR count). The molecule has 6 nitrogen and oxygen atoms in total. The zero-order valence-electron chi connectivity index (χ0n) is 12.1. The van der Waals surface area contributed by atoms with Crippen molar-refractivity contribution in [3.63, 3.8) is 0 Å². The number of aryl methyl sites for hydroxylation is 2. The van der Waals surface area contributed by atoms with Crippen LogP contribution in [0.15, 0.2) is 12.3 Å². The number of rotatable bonds is 1. The molecule has 0 radical (unpaired) electrons. The zero-order chi connectivity index (χ0) is 14.3. The van der Waals surface area contributed by atoms with E-state index in [1.165, 1.54) is 0 Å². The summed E-state index contributed by atoms with van der Waals surface area (Å²) < 4.78 is 1.74. The van der Waals surface area contributed by atoms with Crippen LogP contribution in [0.1, 0.15) is 23.0 Å². The number of fused-ring (bicyclic) bond motifs is 1. The lowest BCUT2D eigenvalue weighted by Gasteiger charge is -2.33. The Labute approximate surface area is 117 Å². The molecule has 0 bridgehead atoms.